The number of nitrogens with zero attached hydrogens (tertiary/aromatic N) is 4. The minimum absolute atomic E-state index is 0.317. The molecule has 4 aromatic rings. The number of thiocarbonyl (C=S) groups is 1. The minimum Gasteiger partial charge on any atom is -0.497 e. The van der Waals surface area contributed by atoms with Gasteiger partial charge in [0.2, 0.25) is 0 Å². The Hall–Kier alpha value is -4.59. The van der Waals surface area contributed by atoms with Crippen LogP contribution in [0.15, 0.2) is 72.1 Å². The Morgan fingerprint density at radius 1 is 0.951 bits per heavy atom. The quantitative estimate of drug-likeness (QED) is 0.106. The number of alkyl halides is 5. The zero-order chi connectivity index (χ0) is 29.8. The molecule has 1 aromatic heterocycles. The average Bonchev–Trinajstić information content (AvgIpc) is 3.41. The fourth-order valence-electron chi connectivity index (χ4n) is 3.66. The first-order chi connectivity index (χ1) is 19.4. The number of aromatic nitrogens is 3. The zero-order valence-corrected chi connectivity index (χ0v) is 22.6. The molecule has 0 radical (unpaired) electrons. The van der Waals surface area contributed by atoms with E-state index in [1.54, 1.807) is 37.6 Å². The maximum atomic E-state index is 13.1. The van der Waals surface area contributed by atoms with Crippen LogP contribution in [0.2, 0.25) is 0 Å². The number of benzene rings is 3. The van der Waals surface area contributed by atoms with Crippen LogP contribution in [-0.2, 0) is 0 Å². The predicted molar refractivity (Wildman–Crippen MR) is 148 cm³/mol. The first-order valence-electron chi connectivity index (χ1n) is 11.9. The van der Waals surface area contributed by atoms with E-state index in [0.717, 1.165) is 40.3 Å². The lowest BCUT2D eigenvalue weighted by Crippen LogP contribution is -2.41. The average molecular weight is 591 g/mol. The summed E-state index contributed by atoms with van der Waals surface area (Å²) in [7, 11) is 1.61. The second-order valence-electron chi connectivity index (χ2n) is 8.71. The highest BCUT2D eigenvalue weighted by Crippen LogP contribution is 2.37. The van der Waals surface area contributed by atoms with Gasteiger partial charge in [0.05, 0.1) is 19.0 Å². The molecule has 4 rings (SSSR count). The summed E-state index contributed by atoms with van der Waals surface area (Å²) in [5.74, 6) is 0.478. The second-order valence-corrected chi connectivity index (χ2v) is 9.11. The van der Waals surface area contributed by atoms with E-state index in [1.807, 2.05) is 26.0 Å². The Labute approximate surface area is 236 Å². The van der Waals surface area contributed by atoms with E-state index in [0.29, 0.717) is 22.2 Å². The summed E-state index contributed by atoms with van der Waals surface area (Å²) < 4.78 is 73.6. The number of anilines is 1. The highest BCUT2D eigenvalue weighted by molar-refractivity contribution is 7.80. The molecule has 0 aliphatic carbocycles. The molecule has 1 heterocycles. The monoisotopic (exact) mass is 590 g/mol. The van der Waals surface area contributed by atoms with Crippen molar-refractivity contribution < 1.29 is 31.4 Å². The molecule has 2 N–H and O–H groups in total. The second kappa shape index (κ2) is 11.9. The molecule has 3 aromatic carbocycles. The van der Waals surface area contributed by atoms with Gasteiger partial charge >= 0.3 is 12.3 Å². The van der Waals surface area contributed by atoms with Gasteiger partial charge < -0.3 is 14.8 Å². The fourth-order valence-corrected chi connectivity index (χ4v) is 3.81. The number of halogens is 5. The van der Waals surface area contributed by atoms with Crippen LogP contribution in [0.25, 0.3) is 17.1 Å². The van der Waals surface area contributed by atoms with Crippen molar-refractivity contribution in [2.24, 2.45) is 5.10 Å². The summed E-state index contributed by atoms with van der Waals surface area (Å²) in [6, 6.07) is 15.5. The predicted octanol–water partition coefficient (Wildman–Crippen LogP) is 6.41. The molecule has 0 aliphatic rings. The lowest BCUT2D eigenvalue weighted by atomic mass is 10.1. The van der Waals surface area contributed by atoms with E-state index in [2.05, 4.69) is 30.7 Å². The molecule has 0 unspecified atom stereocenters. The fraction of sp³-hybridized carbons (Fsp3) is 0.185. The van der Waals surface area contributed by atoms with Crippen LogP contribution in [0.4, 0.5) is 27.6 Å². The Morgan fingerprint density at radius 2 is 1.59 bits per heavy atom. The van der Waals surface area contributed by atoms with Crippen LogP contribution in [0.1, 0.15) is 16.7 Å². The molecule has 0 bridgehead atoms. The van der Waals surface area contributed by atoms with Crippen LogP contribution in [-0.4, -0.2) is 45.5 Å². The first kappa shape index (κ1) is 29.4. The van der Waals surface area contributed by atoms with Gasteiger partial charge in [0.1, 0.15) is 17.8 Å². The normalized spacial score (nSPS) is 11.9. The van der Waals surface area contributed by atoms with Gasteiger partial charge in [-0.2, -0.15) is 27.1 Å². The zero-order valence-electron chi connectivity index (χ0n) is 21.8. The van der Waals surface area contributed by atoms with Gasteiger partial charge in [-0.05, 0) is 79.2 Å². The molecule has 0 saturated carbocycles. The summed E-state index contributed by atoms with van der Waals surface area (Å²) in [6.07, 6.45) is -8.16. The largest absolute Gasteiger partial charge is 0.499 e. The molecule has 0 saturated heterocycles. The number of rotatable bonds is 8. The number of hydrogen-bond acceptors (Lipinski definition) is 6. The number of hydrazone groups is 1. The molecule has 214 valence electrons. The molecule has 8 nitrogen and oxygen atoms in total. The Balaban J connectivity index is 1.35. The van der Waals surface area contributed by atoms with Crippen LogP contribution in [0.3, 0.4) is 0 Å². The topological polar surface area (TPSA) is 85.6 Å². The van der Waals surface area contributed by atoms with Crippen LogP contribution >= 0.6 is 12.2 Å². The summed E-state index contributed by atoms with van der Waals surface area (Å²) in [4.78, 5) is 4.23. The molecule has 0 amide bonds. The van der Waals surface area contributed by atoms with Gasteiger partial charge in [-0.25, -0.2) is 9.67 Å². The standard InChI is InChI=1S/C27H23F5N6O2S/c1-16-12-22(39-3)13-17(2)23(16)35-25(41)36-34-14-18-4-6-19(7-5-18)24-33-15-38(37-24)20-8-10-21(11-9-20)40-27(31,32)26(28,29)30/h4-15H,1-3H3,(H2,35,36,41). The van der Waals surface area contributed by atoms with Crippen LogP contribution in [0.5, 0.6) is 11.5 Å². The smallest absolute Gasteiger partial charge is 0.497 e. The number of hydrogen-bond donors (Lipinski definition) is 2. The van der Waals surface area contributed by atoms with Crippen molar-refractivity contribution in [1.29, 1.82) is 0 Å². The van der Waals surface area contributed by atoms with Crippen LogP contribution < -0.4 is 20.2 Å². The molecule has 0 aliphatic heterocycles. The van der Waals surface area contributed by atoms with E-state index in [1.165, 1.54) is 23.1 Å². The van der Waals surface area contributed by atoms with E-state index >= 15 is 0 Å². The van der Waals surface area contributed by atoms with Gasteiger partial charge in [-0.1, -0.05) is 24.3 Å². The lowest BCUT2D eigenvalue weighted by molar-refractivity contribution is -0.360. The first-order valence-corrected chi connectivity index (χ1v) is 12.3. The van der Waals surface area contributed by atoms with Crippen molar-refractivity contribution in [1.82, 2.24) is 20.2 Å². The third-order valence-corrected chi connectivity index (χ3v) is 5.89. The molecular formula is C27H23F5N6O2S. The maximum Gasteiger partial charge on any atom is 0.499 e. The SMILES string of the molecule is COc1cc(C)c(NC(=S)NN=Cc2ccc(-c3ncn(-c4ccc(OC(F)(F)C(F)(F)F)cc4)n3)cc2)c(C)c1. The molecule has 0 atom stereocenters. The van der Waals surface area contributed by atoms with Gasteiger partial charge in [0.15, 0.2) is 10.9 Å². The summed E-state index contributed by atoms with van der Waals surface area (Å²) >= 11 is 5.33. The number of ether oxygens (including phenoxy) is 2. The summed E-state index contributed by atoms with van der Waals surface area (Å²) in [6.45, 7) is 3.89. The van der Waals surface area contributed by atoms with Crippen molar-refractivity contribution in [2.45, 2.75) is 26.1 Å². The van der Waals surface area contributed by atoms with E-state index in [4.69, 9.17) is 17.0 Å². The third kappa shape index (κ3) is 7.14. The Kier molecular flexibility index (Phi) is 8.52. The Morgan fingerprint density at radius 3 is 2.17 bits per heavy atom. The summed E-state index contributed by atoms with van der Waals surface area (Å²) in [5.41, 5.74) is 7.41. The number of methoxy groups -OCH3 is 1. The number of nitrogens with one attached hydrogen (secondary N) is 2. The molecule has 14 heteroatoms. The van der Waals surface area contributed by atoms with E-state index < -0.39 is 18.0 Å². The molecule has 0 fully saturated rings. The number of aryl methyl sites for hydroxylation is 2. The lowest BCUT2D eigenvalue weighted by Gasteiger charge is -2.20. The van der Waals surface area contributed by atoms with Gasteiger partial charge in [-0.15, -0.1) is 5.10 Å². The van der Waals surface area contributed by atoms with Crippen molar-refractivity contribution in [3.05, 3.63) is 83.7 Å². The Bertz CT molecular complexity index is 1530. The van der Waals surface area contributed by atoms with Gasteiger partial charge in [0.25, 0.3) is 0 Å². The highest BCUT2D eigenvalue weighted by Gasteiger charge is 2.61. The van der Waals surface area contributed by atoms with E-state index in [9.17, 15) is 22.0 Å². The summed E-state index contributed by atoms with van der Waals surface area (Å²) in [5, 5.41) is 11.9. The van der Waals surface area contributed by atoms with E-state index in [-0.39, 0.29) is 0 Å². The minimum atomic E-state index is -5.83. The highest BCUT2D eigenvalue weighted by atomic mass is 32.1. The molecule has 41 heavy (non-hydrogen) atoms. The molecule has 0 spiro atoms. The third-order valence-electron chi connectivity index (χ3n) is 5.70. The van der Waals surface area contributed by atoms with Crippen LogP contribution in [0, 0.1) is 13.8 Å². The van der Waals surface area contributed by atoms with Crippen molar-refractivity contribution in [3.63, 3.8) is 0 Å². The molecular weight excluding hydrogens is 567 g/mol. The maximum absolute atomic E-state index is 13.1. The van der Waals surface area contributed by atoms with Crippen molar-refractivity contribution in [2.75, 3.05) is 12.4 Å². The van der Waals surface area contributed by atoms with Gasteiger partial charge in [0, 0.05) is 11.3 Å². The van der Waals surface area contributed by atoms with Crippen molar-refractivity contribution >= 4 is 29.2 Å². The van der Waals surface area contributed by atoms with Gasteiger partial charge in [-0.3, -0.25) is 5.43 Å². The van der Waals surface area contributed by atoms with Crippen molar-refractivity contribution in [3.8, 4) is 28.6 Å².